The molecule has 1 amide bonds. The lowest BCUT2D eigenvalue weighted by atomic mass is 9.90. The van der Waals surface area contributed by atoms with Gasteiger partial charge in [-0.1, -0.05) is 30.3 Å². The lowest BCUT2D eigenvalue weighted by Crippen LogP contribution is -2.50. The third-order valence-corrected chi connectivity index (χ3v) is 6.55. The molecule has 1 spiro atoms. The summed E-state index contributed by atoms with van der Waals surface area (Å²) in [6.45, 7) is 7.11. The molecule has 0 radical (unpaired) electrons. The lowest BCUT2D eigenvalue weighted by Gasteiger charge is -2.39. The van der Waals surface area contributed by atoms with Gasteiger partial charge in [0.2, 0.25) is 0 Å². The normalized spacial score (nSPS) is 25.0. The molecule has 1 aromatic rings. The van der Waals surface area contributed by atoms with E-state index in [2.05, 4.69) is 41.1 Å². The molecule has 4 rings (SSSR count). The zero-order chi connectivity index (χ0) is 19.4. The largest absolute Gasteiger partial charge is 0.441 e. The number of hydrogen-bond donors (Lipinski definition) is 0. The van der Waals surface area contributed by atoms with Crippen LogP contribution in [0.3, 0.4) is 0 Å². The molecule has 0 bridgehead atoms. The van der Waals surface area contributed by atoms with E-state index < -0.39 is 0 Å². The summed E-state index contributed by atoms with van der Waals surface area (Å²) in [5.41, 5.74) is 1.09. The molecule has 0 aliphatic carbocycles. The molecule has 6 nitrogen and oxygen atoms in total. The van der Waals surface area contributed by atoms with E-state index in [0.29, 0.717) is 6.04 Å². The third kappa shape index (κ3) is 4.67. The van der Waals surface area contributed by atoms with Crippen molar-refractivity contribution < 1.29 is 14.3 Å². The molecule has 3 aliphatic heterocycles. The highest BCUT2D eigenvalue weighted by Crippen LogP contribution is 2.34. The van der Waals surface area contributed by atoms with Gasteiger partial charge in [-0.25, -0.2) is 4.79 Å². The van der Waals surface area contributed by atoms with E-state index in [1.807, 2.05) is 11.0 Å². The van der Waals surface area contributed by atoms with Crippen LogP contribution in [0, 0.1) is 0 Å². The minimum Gasteiger partial charge on any atom is -0.441 e. The maximum atomic E-state index is 12.4. The second kappa shape index (κ2) is 8.80. The molecule has 0 aromatic heterocycles. The van der Waals surface area contributed by atoms with Gasteiger partial charge in [0, 0.05) is 58.2 Å². The van der Waals surface area contributed by atoms with Gasteiger partial charge in [-0.2, -0.15) is 0 Å². The molecule has 3 heterocycles. The lowest BCUT2D eigenvalue weighted by molar-refractivity contribution is -0.0111. The highest BCUT2D eigenvalue weighted by Gasteiger charge is 2.47. The van der Waals surface area contributed by atoms with Crippen LogP contribution in [-0.2, 0) is 15.9 Å². The summed E-state index contributed by atoms with van der Waals surface area (Å²) in [7, 11) is 2.13. The van der Waals surface area contributed by atoms with Crippen LogP contribution >= 0.6 is 0 Å². The molecule has 0 unspecified atom stereocenters. The Hall–Kier alpha value is -1.63. The Labute approximate surface area is 168 Å². The summed E-state index contributed by atoms with van der Waals surface area (Å²) in [6, 6.07) is 11.1. The van der Waals surface area contributed by atoms with Crippen molar-refractivity contribution in [1.29, 1.82) is 0 Å². The summed E-state index contributed by atoms with van der Waals surface area (Å²) in [6.07, 6.45) is 3.92. The second-order valence-electron chi connectivity index (χ2n) is 8.56. The van der Waals surface area contributed by atoms with E-state index in [0.717, 1.165) is 78.2 Å². The van der Waals surface area contributed by atoms with E-state index in [-0.39, 0.29) is 11.7 Å². The number of rotatable bonds is 7. The first kappa shape index (κ1) is 19.7. The summed E-state index contributed by atoms with van der Waals surface area (Å²) in [5, 5.41) is 0. The number of benzene rings is 1. The van der Waals surface area contributed by atoms with E-state index >= 15 is 0 Å². The van der Waals surface area contributed by atoms with Crippen LogP contribution < -0.4 is 0 Å². The van der Waals surface area contributed by atoms with Crippen molar-refractivity contribution in [1.82, 2.24) is 14.7 Å². The molecule has 0 saturated carbocycles. The second-order valence-corrected chi connectivity index (χ2v) is 8.56. The van der Waals surface area contributed by atoms with Crippen LogP contribution in [0.2, 0.25) is 0 Å². The van der Waals surface area contributed by atoms with Gasteiger partial charge in [-0.05, 0) is 25.5 Å². The molecule has 3 saturated heterocycles. The minimum atomic E-state index is -0.268. The molecule has 1 aromatic carbocycles. The SMILES string of the molecule is CN(CCc1ccccc1)CCN1CC2(CCN([C@@H]3CCOC3)CC2)OC1=O. The smallest absolute Gasteiger partial charge is 0.410 e. The van der Waals surface area contributed by atoms with Gasteiger partial charge >= 0.3 is 6.09 Å². The Balaban J connectivity index is 1.20. The quantitative estimate of drug-likeness (QED) is 0.718. The van der Waals surface area contributed by atoms with Crippen molar-refractivity contribution in [3.63, 3.8) is 0 Å². The Kier molecular flexibility index (Phi) is 6.19. The van der Waals surface area contributed by atoms with Gasteiger partial charge in [-0.3, -0.25) is 4.90 Å². The molecule has 3 fully saturated rings. The van der Waals surface area contributed by atoms with E-state index in [4.69, 9.17) is 9.47 Å². The Morgan fingerprint density at radius 2 is 1.96 bits per heavy atom. The Morgan fingerprint density at radius 3 is 2.68 bits per heavy atom. The van der Waals surface area contributed by atoms with Gasteiger partial charge < -0.3 is 19.3 Å². The number of amides is 1. The van der Waals surface area contributed by atoms with Gasteiger partial charge in [0.15, 0.2) is 0 Å². The zero-order valence-electron chi connectivity index (χ0n) is 17.0. The fraction of sp³-hybridized carbons (Fsp3) is 0.682. The van der Waals surface area contributed by atoms with Crippen molar-refractivity contribution in [2.45, 2.75) is 37.3 Å². The maximum Gasteiger partial charge on any atom is 0.410 e. The Morgan fingerprint density at radius 1 is 1.18 bits per heavy atom. The number of hydrogen-bond acceptors (Lipinski definition) is 5. The van der Waals surface area contributed by atoms with E-state index in [1.54, 1.807) is 0 Å². The van der Waals surface area contributed by atoms with Gasteiger partial charge in [0.05, 0.1) is 13.2 Å². The maximum absolute atomic E-state index is 12.4. The summed E-state index contributed by atoms with van der Waals surface area (Å²) < 4.78 is 11.4. The first-order valence-corrected chi connectivity index (χ1v) is 10.7. The molecule has 28 heavy (non-hydrogen) atoms. The van der Waals surface area contributed by atoms with Crippen molar-refractivity contribution in [3.8, 4) is 0 Å². The Bertz CT molecular complexity index is 640. The van der Waals surface area contributed by atoms with Crippen LogP contribution in [0.4, 0.5) is 4.79 Å². The van der Waals surface area contributed by atoms with Crippen molar-refractivity contribution in [2.24, 2.45) is 0 Å². The van der Waals surface area contributed by atoms with Crippen LogP contribution in [0.25, 0.3) is 0 Å². The number of likely N-dealkylation sites (tertiary alicyclic amines) is 1. The summed E-state index contributed by atoms with van der Waals surface area (Å²) in [5.74, 6) is 0. The number of ether oxygens (including phenoxy) is 2. The molecular formula is C22H33N3O3. The van der Waals surface area contributed by atoms with Crippen LogP contribution in [0.15, 0.2) is 30.3 Å². The molecule has 1 atom stereocenters. The van der Waals surface area contributed by atoms with Crippen molar-refractivity contribution in [2.75, 3.05) is 59.5 Å². The number of piperidine rings is 1. The topological polar surface area (TPSA) is 45.2 Å². The predicted molar refractivity (Wildman–Crippen MR) is 108 cm³/mol. The van der Waals surface area contributed by atoms with Gasteiger partial charge in [0.25, 0.3) is 0 Å². The molecule has 3 aliphatic rings. The molecule has 0 N–H and O–H groups in total. The van der Waals surface area contributed by atoms with Gasteiger partial charge in [0.1, 0.15) is 5.60 Å². The third-order valence-electron chi connectivity index (χ3n) is 6.55. The van der Waals surface area contributed by atoms with Crippen molar-refractivity contribution >= 4 is 6.09 Å². The number of likely N-dealkylation sites (N-methyl/N-ethyl adjacent to an activating group) is 1. The monoisotopic (exact) mass is 387 g/mol. The average Bonchev–Trinajstić information content (AvgIpc) is 3.35. The highest BCUT2D eigenvalue weighted by molar-refractivity contribution is 5.70. The first-order chi connectivity index (χ1) is 13.6. The predicted octanol–water partition coefficient (Wildman–Crippen LogP) is 2.24. The minimum absolute atomic E-state index is 0.130. The first-order valence-electron chi connectivity index (χ1n) is 10.7. The van der Waals surface area contributed by atoms with E-state index in [9.17, 15) is 4.79 Å². The summed E-state index contributed by atoms with van der Waals surface area (Å²) >= 11 is 0. The van der Waals surface area contributed by atoms with Gasteiger partial charge in [-0.15, -0.1) is 0 Å². The molecule has 6 heteroatoms. The molecular weight excluding hydrogens is 354 g/mol. The zero-order valence-corrected chi connectivity index (χ0v) is 17.0. The highest BCUT2D eigenvalue weighted by atomic mass is 16.6. The fourth-order valence-corrected chi connectivity index (χ4v) is 4.60. The van der Waals surface area contributed by atoms with Crippen LogP contribution in [0.5, 0.6) is 0 Å². The van der Waals surface area contributed by atoms with E-state index in [1.165, 1.54) is 5.56 Å². The van der Waals surface area contributed by atoms with Crippen LogP contribution in [0.1, 0.15) is 24.8 Å². The molecule has 154 valence electrons. The average molecular weight is 388 g/mol. The number of nitrogens with zero attached hydrogens (tertiary/aromatic N) is 3. The number of carbonyl (C=O) groups is 1. The van der Waals surface area contributed by atoms with Crippen LogP contribution in [-0.4, -0.2) is 92.0 Å². The standard InChI is InChI=1S/C22H33N3O3/c1-23(11-7-19-5-3-2-4-6-19)14-15-25-18-22(28-21(25)26)9-12-24(13-10-22)20-8-16-27-17-20/h2-6,20H,7-18H2,1H3/t20-/m1/s1. The number of carbonyl (C=O) groups excluding carboxylic acids is 1. The van der Waals surface area contributed by atoms with Crippen molar-refractivity contribution in [3.05, 3.63) is 35.9 Å². The summed E-state index contributed by atoms with van der Waals surface area (Å²) in [4.78, 5) is 19.2. The fourth-order valence-electron chi connectivity index (χ4n) is 4.60.